The van der Waals surface area contributed by atoms with Gasteiger partial charge in [0.2, 0.25) is 0 Å². The van der Waals surface area contributed by atoms with Gasteiger partial charge in [-0.05, 0) is 107 Å². The van der Waals surface area contributed by atoms with E-state index >= 15 is 0 Å². The van der Waals surface area contributed by atoms with E-state index in [4.69, 9.17) is 21.1 Å². The van der Waals surface area contributed by atoms with Gasteiger partial charge in [-0.3, -0.25) is 9.59 Å². The Hall–Kier alpha value is -2.56. The predicted molar refractivity (Wildman–Crippen MR) is 141 cm³/mol. The topological polar surface area (TPSA) is 55.8 Å². The maximum absolute atomic E-state index is 13.2. The van der Waals surface area contributed by atoms with Crippen LogP contribution < -0.4 is 14.4 Å². The summed E-state index contributed by atoms with van der Waals surface area (Å²) in [5, 5.41) is 0.142. The first-order valence-corrected chi connectivity index (χ1v) is 12.5. The fraction of sp³-hybridized carbons (Fsp3) is 0.120. The molecule has 3 aromatic carbocycles. The van der Waals surface area contributed by atoms with Gasteiger partial charge in [-0.25, -0.2) is 9.29 Å². The van der Waals surface area contributed by atoms with Gasteiger partial charge in [0.1, 0.15) is 12.4 Å². The predicted octanol–water partition coefficient (Wildman–Crippen LogP) is 7.30. The van der Waals surface area contributed by atoms with E-state index in [-0.39, 0.29) is 17.7 Å². The highest BCUT2D eigenvalue weighted by atomic mass is 127. The van der Waals surface area contributed by atoms with E-state index in [0.29, 0.717) is 39.3 Å². The van der Waals surface area contributed by atoms with Crippen molar-refractivity contribution in [1.82, 2.24) is 0 Å². The third kappa shape index (κ3) is 5.56. The van der Waals surface area contributed by atoms with E-state index in [1.54, 1.807) is 48.5 Å². The molecule has 0 spiro atoms. The quantitative estimate of drug-likeness (QED) is 0.208. The van der Waals surface area contributed by atoms with Crippen molar-refractivity contribution < 1.29 is 23.5 Å². The molecule has 9 heteroatoms. The molecule has 0 N–H and O–H groups in total. The molecular formula is C25H18ClFINO4S. The van der Waals surface area contributed by atoms with Crippen LogP contribution in [0.3, 0.4) is 0 Å². The standard InChI is InChI=1S/C25H18ClFINO4S/c1-2-32-21-12-16(11-20(28)23(21)33-14-15-3-7-18(27)8-4-15)13-22-24(30)29(25(31)34-22)19-9-5-17(26)6-10-19/h3-13H,2,14H2,1H3/b22-13+. The van der Waals surface area contributed by atoms with Gasteiger partial charge in [0.05, 0.1) is 20.8 Å². The first-order chi connectivity index (χ1) is 16.4. The maximum atomic E-state index is 13.2. The highest BCUT2D eigenvalue weighted by molar-refractivity contribution is 14.1. The summed E-state index contributed by atoms with van der Waals surface area (Å²) < 4.78 is 25.7. The fourth-order valence-corrected chi connectivity index (χ4v) is 4.99. The summed E-state index contributed by atoms with van der Waals surface area (Å²) in [6.45, 7) is 2.52. The molecule has 0 aliphatic carbocycles. The molecule has 5 nitrogen and oxygen atoms in total. The monoisotopic (exact) mass is 609 g/mol. The molecule has 0 radical (unpaired) electrons. The van der Waals surface area contributed by atoms with E-state index < -0.39 is 5.91 Å². The van der Waals surface area contributed by atoms with Crippen LogP contribution in [0.15, 0.2) is 65.6 Å². The molecule has 3 aromatic rings. The van der Waals surface area contributed by atoms with Crippen LogP contribution >= 0.6 is 46.0 Å². The summed E-state index contributed by atoms with van der Waals surface area (Å²) in [5.41, 5.74) is 1.98. The van der Waals surface area contributed by atoms with Gasteiger partial charge in [-0.2, -0.15) is 0 Å². The van der Waals surface area contributed by atoms with Gasteiger partial charge in [0.15, 0.2) is 11.5 Å². The number of anilines is 1. The van der Waals surface area contributed by atoms with E-state index in [2.05, 4.69) is 22.6 Å². The van der Waals surface area contributed by atoms with Crippen LogP contribution in [-0.2, 0) is 11.4 Å². The molecule has 1 aliphatic rings. The first-order valence-electron chi connectivity index (χ1n) is 10.2. The van der Waals surface area contributed by atoms with Crippen molar-refractivity contribution in [2.75, 3.05) is 11.5 Å². The number of nitrogens with zero attached hydrogens (tertiary/aromatic N) is 1. The molecule has 1 aliphatic heterocycles. The molecule has 0 atom stereocenters. The summed E-state index contributed by atoms with van der Waals surface area (Å²) in [6.07, 6.45) is 1.66. The average Bonchev–Trinajstić information content (AvgIpc) is 3.08. The minimum atomic E-state index is -0.401. The number of amides is 2. The van der Waals surface area contributed by atoms with Crippen molar-refractivity contribution in [1.29, 1.82) is 0 Å². The molecule has 1 heterocycles. The van der Waals surface area contributed by atoms with Gasteiger partial charge in [0.25, 0.3) is 11.1 Å². The minimum Gasteiger partial charge on any atom is -0.490 e. The molecule has 1 fully saturated rings. The molecule has 1 saturated heterocycles. The Morgan fingerprint density at radius 3 is 2.44 bits per heavy atom. The van der Waals surface area contributed by atoms with E-state index in [0.717, 1.165) is 25.8 Å². The summed E-state index contributed by atoms with van der Waals surface area (Å²) in [5.74, 6) is 0.359. The van der Waals surface area contributed by atoms with Gasteiger partial charge in [-0.1, -0.05) is 23.7 Å². The third-order valence-corrected chi connectivity index (χ3v) is 6.73. The summed E-state index contributed by atoms with van der Waals surface area (Å²) in [4.78, 5) is 26.9. The Kier molecular flexibility index (Phi) is 7.80. The molecule has 2 amide bonds. The van der Waals surface area contributed by atoms with Gasteiger partial charge < -0.3 is 9.47 Å². The first kappa shape index (κ1) is 24.6. The molecule has 4 rings (SSSR count). The summed E-state index contributed by atoms with van der Waals surface area (Å²) in [6, 6.07) is 16.2. The second kappa shape index (κ2) is 10.8. The van der Waals surface area contributed by atoms with Gasteiger partial charge >= 0.3 is 0 Å². The summed E-state index contributed by atoms with van der Waals surface area (Å²) >= 11 is 8.93. The fourth-order valence-electron chi connectivity index (χ4n) is 3.24. The normalized spacial score (nSPS) is 14.7. The van der Waals surface area contributed by atoms with Crippen molar-refractivity contribution in [2.45, 2.75) is 13.5 Å². The minimum absolute atomic E-state index is 0.246. The van der Waals surface area contributed by atoms with Gasteiger partial charge in [0, 0.05) is 5.02 Å². The van der Waals surface area contributed by atoms with Crippen molar-refractivity contribution >= 4 is 68.9 Å². The second-order valence-electron chi connectivity index (χ2n) is 7.17. The Bertz CT molecular complexity index is 1270. The van der Waals surface area contributed by atoms with E-state index in [1.165, 1.54) is 12.1 Å². The Morgan fingerprint density at radius 2 is 1.76 bits per heavy atom. The number of thioether (sulfide) groups is 1. The molecule has 0 aromatic heterocycles. The zero-order chi connectivity index (χ0) is 24.2. The van der Waals surface area contributed by atoms with E-state index in [1.807, 2.05) is 13.0 Å². The van der Waals surface area contributed by atoms with E-state index in [9.17, 15) is 14.0 Å². The molecule has 0 saturated carbocycles. The van der Waals surface area contributed by atoms with Crippen molar-refractivity contribution in [3.8, 4) is 11.5 Å². The molecule has 174 valence electrons. The van der Waals surface area contributed by atoms with Crippen LogP contribution in [-0.4, -0.2) is 17.8 Å². The van der Waals surface area contributed by atoms with Crippen molar-refractivity contribution in [2.24, 2.45) is 0 Å². The molecule has 34 heavy (non-hydrogen) atoms. The molecule has 0 unspecified atom stereocenters. The number of carbonyl (C=O) groups is 2. The van der Waals surface area contributed by atoms with Gasteiger partial charge in [-0.15, -0.1) is 0 Å². The number of ether oxygens (including phenoxy) is 2. The largest absolute Gasteiger partial charge is 0.490 e. The number of halogens is 3. The smallest absolute Gasteiger partial charge is 0.298 e. The zero-order valence-corrected chi connectivity index (χ0v) is 21.6. The van der Waals surface area contributed by atoms with Crippen LogP contribution in [0.25, 0.3) is 6.08 Å². The lowest BCUT2D eigenvalue weighted by atomic mass is 10.1. The lowest BCUT2D eigenvalue weighted by Gasteiger charge is -2.15. The number of benzene rings is 3. The lowest BCUT2D eigenvalue weighted by molar-refractivity contribution is -0.113. The number of hydrogen-bond acceptors (Lipinski definition) is 5. The zero-order valence-electron chi connectivity index (χ0n) is 17.9. The Labute approximate surface area is 219 Å². The van der Waals surface area contributed by atoms with Crippen LogP contribution in [0.1, 0.15) is 18.1 Å². The summed E-state index contributed by atoms with van der Waals surface area (Å²) in [7, 11) is 0. The highest BCUT2D eigenvalue weighted by Gasteiger charge is 2.36. The maximum Gasteiger partial charge on any atom is 0.298 e. The van der Waals surface area contributed by atoms with Crippen LogP contribution in [0, 0.1) is 9.39 Å². The number of imide groups is 1. The number of hydrogen-bond donors (Lipinski definition) is 0. The number of carbonyl (C=O) groups excluding carboxylic acids is 2. The average molecular weight is 610 g/mol. The van der Waals surface area contributed by atoms with Crippen molar-refractivity contribution in [3.05, 3.63) is 91.1 Å². The van der Waals surface area contributed by atoms with Crippen LogP contribution in [0.2, 0.25) is 5.02 Å². The Balaban J connectivity index is 1.59. The Morgan fingerprint density at radius 1 is 1.06 bits per heavy atom. The number of rotatable bonds is 7. The highest BCUT2D eigenvalue weighted by Crippen LogP contribution is 2.39. The molecular weight excluding hydrogens is 592 g/mol. The lowest BCUT2D eigenvalue weighted by Crippen LogP contribution is -2.27. The van der Waals surface area contributed by atoms with Crippen LogP contribution in [0.4, 0.5) is 14.9 Å². The third-order valence-electron chi connectivity index (χ3n) is 4.80. The van der Waals surface area contributed by atoms with Crippen LogP contribution in [0.5, 0.6) is 11.5 Å². The SMILES string of the molecule is CCOc1cc(/C=C2/SC(=O)N(c3ccc(Cl)cc3)C2=O)cc(I)c1OCc1ccc(F)cc1. The second-order valence-corrected chi connectivity index (χ2v) is 9.76. The molecule has 0 bridgehead atoms. The van der Waals surface area contributed by atoms with Crippen molar-refractivity contribution in [3.63, 3.8) is 0 Å².